The van der Waals surface area contributed by atoms with Gasteiger partial charge < -0.3 is 0 Å². The molecule has 0 aliphatic heterocycles. The molecular weight excluding hydrogens is 577 g/mol. The van der Waals surface area contributed by atoms with Crippen LogP contribution >= 0.6 is 0 Å². The lowest BCUT2D eigenvalue weighted by molar-refractivity contribution is 1.58. The first-order valence-corrected chi connectivity index (χ1v) is 16.6. The van der Waals surface area contributed by atoms with Gasteiger partial charge in [0.15, 0.2) is 0 Å². The van der Waals surface area contributed by atoms with Crippen molar-refractivity contribution in [2.45, 2.75) is 0 Å². The number of hydrogen-bond acceptors (Lipinski definition) is 0. The highest BCUT2D eigenvalue weighted by Crippen LogP contribution is 2.47. The van der Waals surface area contributed by atoms with Crippen LogP contribution in [0.15, 0.2) is 194 Å². The summed E-state index contributed by atoms with van der Waals surface area (Å²) in [7, 11) is 0. The van der Waals surface area contributed by atoms with Gasteiger partial charge in [-0.05, 0) is 94.0 Å². The van der Waals surface area contributed by atoms with Gasteiger partial charge >= 0.3 is 0 Å². The van der Waals surface area contributed by atoms with E-state index in [1.807, 2.05) is 0 Å². The SMILES string of the molecule is c1ccc(-c2ccc(-c3ccc(-c4cccc5ccccc45)cc3-c3c4ccccc4c(-c4ccccc4)c4ccccc34)cc2)cc1. The second-order valence-electron chi connectivity index (χ2n) is 12.4. The molecule has 0 nitrogen and oxygen atoms in total. The van der Waals surface area contributed by atoms with Crippen LogP contribution in [0.2, 0.25) is 0 Å². The van der Waals surface area contributed by atoms with E-state index in [4.69, 9.17) is 0 Å². The van der Waals surface area contributed by atoms with Gasteiger partial charge in [0.25, 0.3) is 0 Å². The van der Waals surface area contributed by atoms with Crippen molar-refractivity contribution < 1.29 is 0 Å². The molecule has 0 saturated carbocycles. The molecule has 0 atom stereocenters. The zero-order valence-electron chi connectivity index (χ0n) is 26.5. The molecule has 0 heterocycles. The van der Waals surface area contributed by atoms with Crippen molar-refractivity contribution in [3.63, 3.8) is 0 Å². The first-order chi connectivity index (χ1) is 23.8. The van der Waals surface area contributed by atoms with Crippen molar-refractivity contribution in [3.8, 4) is 55.6 Å². The van der Waals surface area contributed by atoms with Gasteiger partial charge in [0.05, 0.1) is 0 Å². The van der Waals surface area contributed by atoms with Gasteiger partial charge in [-0.2, -0.15) is 0 Å². The van der Waals surface area contributed by atoms with Gasteiger partial charge in [-0.1, -0.05) is 188 Å². The third kappa shape index (κ3) is 4.78. The summed E-state index contributed by atoms with van der Waals surface area (Å²) in [6.07, 6.45) is 0. The Bertz CT molecular complexity index is 2510. The van der Waals surface area contributed by atoms with E-state index in [0.717, 1.165) is 0 Å². The van der Waals surface area contributed by atoms with Crippen LogP contribution in [0.5, 0.6) is 0 Å². The van der Waals surface area contributed by atoms with Crippen LogP contribution in [0, 0.1) is 0 Å². The maximum atomic E-state index is 2.43. The number of rotatable bonds is 5. The summed E-state index contributed by atoms with van der Waals surface area (Å²) in [5, 5.41) is 7.55. The highest BCUT2D eigenvalue weighted by molar-refractivity contribution is 6.22. The number of benzene rings is 9. The molecule has 9 aromatic carbocycles. The molecule has 0 amide bonds. The Hall–Kier alpha value is -6.24. The molecule has 0 radical (unpaired) electrons. The van der Waals surface area contributed by atoms with Crippen LogP contribution in [0.1, 0.15) is 0 Å². The first-order valence-electron chi connectivity index (χ1n) is 16.6. The Morgan fingerprint density at radius 1 is 0.208 bits per heavy atom. The third-order valence-electron chi connectivity index (χ3n) is 9.69. The Morgan fingerprint density at radius 2 is 0.667 bits per heavy atom. The van der Waals surface area contributed by atoms with Gasteiger partial charge in [-0.25, -0.2) is 0 Å². The van der Waals surface area contributed by atoms with E-state index in [2.05, 4.69) is 194 Å². The van der Waals surface area contributed by atoms with Crippen LogP contribution in [-0.4, -0.2) is 0 Å². The lowest BCUT2D eigenvalue weighted by Gasteiger charge is -2.21. The van der Waals surface area contributed by atoms with Crippen LogP contribution < -0.4 is 0 Å². The molecule has 0 saturated heterocycles. The predicted molar refractivity (Wildman–Crippen MR) is 206 cm³/mol. The minimum absolute atomic E-state index is 1.20. The summed E-state index contributed by atoms with van der Waals surface area (Å²) >= 11 is 0. The summed E-state index contributed by atoms with van der Waals surface area (Å²) in [5.74, 6) is 0. The molecule has 9 aromatic rings. The van der Waals surface area contributed by atoms with Crippen molar-refractivity contribution in [2.24, 2.45) is 0 Å². The molecule has 0 aromatic heterocycles. The molecule has 0 N–H and O–H groups in total. The fourth-order valence-corrected chi connectivity index (χ4v) is 7.45. The summed E-state index contributed by atoms with van der Waals surface area (Å²) in [5.41, 5.74) is 12.4. The van der Waals surface area contributed by atoms with E-state index in [1.165, 1.54) is 88.0 Å². The van der Waals surface area contributed by atoms with Crippen molar-refractivity contribution in [3.05, 3.63) is 194 Å². The van der Waals surface area contributed by atoms with Gasteiger partial charge in [0.1, 0.15) is 0 Å². The molecule has 9 rings (SSSR count). The van der Waals surface area contributed by atoms with E-state index >= 15 is 0 Å². The lowest BCUT2D eigenvalue weighted by Crippen LogP contribution is -1.94. The average Bonchev–Trinajstić information content (AvgIpc) is 3.17. The second kappa shape index (κ2) is 11.8. The molecule has 0 fully saturated rings. The van der Waals surface area contributed by atoms with Gasteiger partial charge in [0.2, 0.25) is 0 Å². The fourth-order valence-electron chi connectivity index (χ4n) is 7.45. The molecule has 0 aliphatic rings. The van der Waals surface area contributed by atoms with Gasteiger partial charge in [-0.15, -0.1) is 0 Å². The molecule has 0 aliphatic carbocycles. The number of hydrogen-bond donors (Lipinski definition) is 0. The van der Waals surface area contributed by atoms with E-state index in [0.29, 0.717) is 0 Å². The first kappa shape index (κ1) is 28.0. The van der Waals surface area contributed by atoms with Crippen molar-refractivity contribution in [1.82, 2.24) is 0 Å². The predicted octanol–water partition coefficient (Wildman–Crippen LogP) is 13.5. The average molecular weight is 609 g/mol. The summed E-state index contributed by atoms with van der Waals surface area (Å²) in [4.78, 5) is 0. The molecule has 48 heavy (non-hydrogen) atoms. The quantitative estimate of drug-likeness (QED) is 0.171. The molecule has 0 bridgehead atoms. The van der Waals surface area contributed by atoms with Gasteiger partial charge in [0, 0.05) is 0 Å². The number of fused-ring (bicyclic) bond motifs is 3. The normalized spacial score (nSPS) is 11.3. The Labute approximate surface area is 281 Å². The zero-order valence-corrected chi connectivity index (χ0v) is 26.5. The summed E-state index contributed by atoms with van der Waals surface area (Å²) in [6, 6.07) is 70.8. The van der Waals surface area contributed by atoms with Crippen molar-refractivity contribution in [2.75, 3.05) is 0 Å². The summed E-state index contributed by atoms with van der Waals surface area (Å²) in [6.45, 7) is 0. The molecule has 0 heteroatoms. The topological polar surface area (TPSA) is 0 Å². The van der Waals surface area contributed by atoms with Gasteiger partial charge in [-0.3, -0.25) is 0 Å². The fraction of sp³-hybridized carbons (Fsp3) is 0. The lowest BCUT2D eigenvalue weighted by atomic mass is 9.82. The molecule has 0 spiro atoms. The minimum Gasteiger partial charge on any atom is -0.0622 e. The standard InChI is InChI=1S/C48H32/c1-3-14-33(15-4-1)34-26-28-36(29-27-34)41-31-30-38(40-25-13-19-35-16-7-8-20-39(35)40)32-46(41)48-44-23-11-9-21-42(44)47(37-17-5-2-6-18-37)43-22-10-12-24-45(43)48/h1-32H. The van der Waals surface area contributed by atoms with Crippen LogP contribution in [-0.2, 0) is 0 Å². The summed E-state index contributed by atoms with van der Waals surface area (Å²) < 4.78 is 0. The maximum Gasteiger partial charge on any atom is -0.00199 e. The minimum atomic E-state index is 1.20. The van der Waals surface area contributed by atoms with E-state index < -0.39 is 0 Å². The Morgan fingerprint density at radius 3 is 1.31 bits per heavy atom. The van der Waals surface area contributed by atoms with Crippen molar-refractivity contribution in [1.29, 1.82) is 0 Å². The largest absolute Gasteiger partial charge is 0.0622 e. The third-order valence-corrected chi connectivity index (χ3v) is 9.69. The smallest absolute Gasteiger partial charge is 0.00199 e. The monoisotopic (exact) mass is 608 g/mol. The maximum absolute atomic E-state index is 2.43. The Balaban J connectivity index is 1.36. The van der Waals surface area contributed by atoms with Crippen LogP contribution in [0.3, 0.4) is 0 Å². The van der Waals surface area contributed by atoms with Crippen LogP contribution in [0.25, 0.3) is 88.0 Å². The van der Waals surface area contributed by atoms with E-state index in [9.17, 15) is 0 Å². The van der Waals surface area contributed by atoms with Crippen LogP contribution in [0.4, 0.5) is 0 Å². The Kier molecular flexibility index (Phi) is 6.91. The molecule has 0 unspecified atom stereocenters. The second-order valence-corrected chi connectivity index (χ2v) is 12.4. The molecular formula is C48H32. The molecule has 224 valence electrons. The van der Waals surface area contributed by atoms with E-state index in [-0.39, 0.29) is 0 Å². The zero-order chi connectivity index (χ0) is 31.9. The highest BCUT2D eigenvalue weighted by atomic mass is 14.2. The van der Waals surface area contributed by atoms with Crippen molar-refractivity contribution >= 4 is 32.3 Å². The highest BCUT2D eigenvalue weighted by Gasteiger charge is 2.20. The van der Waals surface area contributed by atoms with E-state index in [1.54, 1.807) is 0 Å².